The molecule has 2 aliphatic heterocycles. The van der Waals surface area contributed by atoms with E-state index in [0.29, 0.717) is 11.4 Å². The second kappa shape index (κ2) is 9.62. The van der Waals surface area contributed by atoms with E-state index in [1.54, 1.807) is 11.3 Å². The highest BCUT2D eigenvalue weighted by Crippen LogP contribution is 2.33. The van der Waals surface area contributed by atoms with E-state index in [0.717, 1.165) is 93.2 Å². The van der Waals surface area contributed by atoms with Crippen molar-refractivity contribution in [3.05, 3.63) is 39.3 Å². The fourth-order valence-electron chi connectivity index (χ4n) is 4.97. The first kappa shape index (κ1) is 22.5. The molecule has 10 heteroatoms. The summed E-state index contributed by atoms with van der Waals surface area (Å²) in [6.07, 6.45) is 0. The van der Waals surface area contributed by atoms with Gasteiger partial charge < -0.3 is 29.8 Å². The van der Waals surface area contributed by atoms with Crippen LogP contribution in [-0.2, 0) is 4.74 Å². The van der Waals surface area contributed by atoms with Crippen molar-refractivity contribution < 1.29 is 4.74 Å². The van der Waals surface area contributed by atoms with Gasteiger partial charge in [-0.2, -0.15) is 0 Å². The van der Waals surface area contributed by atoms with Crippen LogP contribution in [0.2, 0.25) is 0 Å². The first-order chi connectivity index (χ1) is 17.2. The molecule has 0 radical (unpaired) electrons. The molecule has 35 heavy (non-hydrogen) atoms. The van der Waals surface area contributed by atoms with Crippen LogP contribution < -0.4 is 15.8 Å². The zero-order valence-corrected chi connectivity index (χ0v) is 20.8. The Morgan fingerprint density at radius 2 is 1.89 bits per heavy atom. The van der Waals surface area contributed by atoms with Crippen LogP contribution in [0, 0.1) is 0 Å². The molecular weight excluding hydrogens is 462 g/mol. The van der Waals surface area contributed by atoms with E-state index in [9.17, 15) is 4.79 Å². The lowest BCUT2D eigenvalue weighted by Crippen LogP contribution is -2.44. The summed E-state index contributed by atoms with van der Waals surface area (Å²) < 4.78 is 5.46. The third-order valence-corrected chi connectivity index (χ3v) is 7.80. The van der Waals surface area contributed by atoms with E-state index in [2.05, 4.69) is 54.5 Å². The van der Waals surface area contributed by atoms with E-state index < -0.39 is 0 Å². The second-order valence-corrected chi connectivity index (χ2v) is 10.1. The van der Waals surface area contributed by atoms with Crippen LogP contribution >= 0.6 is 11.3 Å². The number of likely N-dealkylation sites (N-methyl/N-ethyl adjacent to an activating group) is 1. The van der Waals surface area contributed by atoms with Gasteiger partial charge in [0.15, 0.2) is 0 Å². The Morgan fingerprint density at radius 3 is 2.71 bits per heavy atom. The highest BCUT2D eigenvalue weighted by atomic mass is 32.1. The number of aromatic amines is 2. The molecule has 0 bridgehead atoms. The molecule has 0 spiro atoms. The number of H-pyrrole nitrogens is 2. The Balaban J connectivity index is 1.32. The van der Waals surface area contributed by atoms with Crippen LogP contribution in [-0.4, -0.2) is 97.4 Å². The molecule has 2 fully saturated rings. The number of aromatic nitrogens is 3. The third-order valence-electron chi connectivity index (χ3n) is 7.06. The molecule has 1 aromatic carbocycles. The number of thiophene rings is 1. The van der Waals surface area contributed by atoms with E-state index in [-0.39, 0.29) is 5.56 Å². The molecule has 9 nitrogen and oxygen atoms in total. The van der Waals surface area contributed by atoms with Crippen LogP contribution in [0.3, 0.4) is 0 Å². The van der Waals surface area contributed by atoms with Crippen LogP contribution in [0.4, 0.5) is 11.4 Å². The van der Waals surface area contributed by atoms with Crippen LogP contribution in [0.15, 0.2) is 33.8 Å². The van der Waals surface area contributed by atoms with Crippen molar-refractivity contribution in [3.8, 4) is 11.4 Å². The number of benzene rings is 1. The maximum absolute atomic E-state index is 13.2. The van der Waals surface area contributed by atoms with Crippen LogP contribution in [0.1, 0.15) is 0 Å². The molecule has 3 N–H and O–H groups in total. The molecule has 0 aliphatic carbocycles. The minimum Gasteiger partial charge on any atom is -0.382 e. The van der Waals surface area contributed by atoms with E-state index >= 15 is 0 Å². The van der Waals surface area contributed by atoms with Crippen molar-refractivity contribution in [2.24, 2.45) is 0 Å². The third kappa shape index (κ3) is 4.54. The van der Waals surface area contributed by atoms with Gasteiger partial charge in [0.25, 0.3) is 5.56 Å². The molecule has 0 amide bonds. The summed E-state index contributed by atoms with van der Waals surface area (Å²) in [5.41, 5.74) is 5.12. The Hall–Kier alpha value is -2.92. The molecule has 2 saturated heterocycles. The molecule has 5 heterocycles. The van der Waals surface area contributed by atoms with Gasteiger partial charge in [-0.05, 0) is 25.2 Å². The highest BCUT2D eigenvalue weighted by molar-refractivity contribution is 7.09. The topological polar surface area (TPSA) is 92.5 Å². The number of hydrogen-bond donors (Lipinski definition) is 3. The Morgan fingerprint density at radius 1 is 1.06 bits per heavy atom. The SMILES string of the molecule is CN1CCN(c2ccc3nc(-c4c(NCCN5CCOCC5)c5cscc5[nH]c4=O)[nH]c3c2)CC1. The summed E-state index contributed by atoms with van der Waals surface area (Å²) in [6.45, 7) is 9.21. The zero-order chi connectivity index (χ0) is 23.8. The number of ether oxygens (including phenoxy) is 1. The number of fused-ring (bicyclic) bond motifs is 2. The standard InChI is InChI=1S/C25H31N7O2S/c1-30-6-8-32(9-7-30)17-2-3-19-20(14-17)28-24(27-19)22-23(18-15-35-16-21(18)29-25(22)33)26-4-5-31-10-12-34-13-11-31/h2-3,14-16,26H,4-13H2,1H3,(H,27,28)(H,29,33). The van der Waals surface area contributed by atoms with Gasteiger partial charge in [-0.25, -0.2) is 4.98 Å². The number of pyridine rings is 1. The van der Waals surface area contributed by atoms with Crippen LogP contribution in [0.25, 0.3) is 33.3 Å². The van der Waals surface area contributed by atoms with Gasteiger partial charge in [0.2, 0.25) is 0 Å². The maximum Gasteiger partial charge on any atom is 0.261 e. The molecule has 0 unspecified atom stereocenters. The molecule has 6 rings (SSSR count). The van der Waals surface area contributed by atoms with Crippen molar-refractivity contribution in [3.63, 3.8) is 0 Å². The van der Waals surface area contributed by atoms with Gasteiger partial charge in [0.1, 0.15) is 11.4 Å². The lowest BCUT2D eigenvalue weighted by Gasteiger charge is -2.34. The fraction of sp³-hybridized carbons (Fsp3) is 0.440. The summed E-state index contributed by atoms with van der Waals surface area (Å²) in [5.74, 6) is 0.596. The van der Waals surface area contributed by atoms with E-state index in [1.165, 1.54) is 5.69 Å². The number of morpholine rings is 1. The van der Waals surface area contributed by atoms with Gasteiger partial charge >= 0.3 is 0 Å². The van der Waals surface area contributed by atoms with Crippen molar-refractivity contribution >= 4 is 44.6 Å². The predicted molar refractivity (Wildman–Crippen MR) is 143 cm³/mol. The van der Waals surface area contributed by atoms with Crippen molar-refractivity contribution in [1.29, 1.82) is 0 Å². The van der Waals surface area contributed by atoms with Gasteiger partial charge in [0.05, 0.1) is 35.5 Å². The van der Waals surface area contributed by atoms with Gasteiger partial charge in [0, 0.05) is 74.2 Å². The predicted octanol–water partition coefficient (Wildman–Crippen LogP) is 2.63. The quantitative estimate of drug-likeness (QED) is 0.380. The number of hydrogen-bond acceptors (Lipinski definition) is 8. The molecule has 2 aliphatic rings. The molecule has 0 atom stereocenters. The molecule has 3 aromatic heterocycles. The summed E-state index contributed by atoms with van der Waals surface area (Å²) in [5, 5.41) is 8.65. The number of nitrogens with one attached hydrogen (secondary N) is 3. The molecule has 184 valence electrons. The van der Waals surface area contributed by atoms with Crippen LogP contribution in [0.5, 0.6) is 0 Å². The molecular formula is C25H31N7O2S. The van der Waals surface area contributed by atoms with E-state index in [4.69, 9.17) is 9.72 Å². The van der Waals surface area contributed by atoms with Gasteiger partial charge in [-0.1, -0.05) is 0 Å². The Kier molecular flexibility index (Phi) is 6.19. The van der Waals surface area contributed by atoms with Crippen molar-refractivity contribution in [2.45, 2.75) is 0 Å². The number of rotatable bonds is 6. The van der Waals surface area contributed by atoms with Gasteiger partial charge in [-0.3, -0.25) is 9.69 Å². The zero-order valence-electron chi connectivity index (χ0n) is 20.0. The largest absolute Gasteiger partial charge is 0.382 e. The number of anilines is 2. The number of imidazole rings is 1. The first-order valence-electron chi connectivity index (χ1n) is 12.3. The minimum absolute atomic E-state index is 0.136. The van der Waals surface area contributed by atoms with Gasteiger partial charge in [-0.15, -0.1) is 11.3 Å². The first-order valence-corrected chi connectivity index (χ1v) is 13.2. The average molecular weight is 494 g/mol. The summed E-state index contributed by atoms with van der Waals surface area (Å²) in [6, 6.07) is 6.33. The lowest BCUT2D eigenvalue weighted by atomic mass is 10.1. The monoisotopic (exact) mass is 493 g/mol. The maximum atomic E-state index is 13.2. The normalized spacial score (nSPS) is 18.0. The number of piperazine rings is 1. The minimum atomic E-state index is -0.136. The summed E-state index contributed by atoms with van der Waals surface area (Å²) in [4.78, 5) is 31.7. The second-order valence-electron chi connectivity index (χ2n) is 9.36. The Bertz CT molecular complexity index is 1380. The summed E-state index contributed by atoms with van der Waals surface area (Å²) in [7, 11) is 2.16. The highest BCUT2D eigenvalue weighted by Gasteiger charge is 2.20. The lowest BCUT2D eigenvalue weighted by molar-refractivity contribution is 0.0398. The van der Waals surface area contributed by atoms with Crippen molar-refractivity contribution in [2.75, 3.05) is 82.8 Å². The van der Waals surface area contributed by atoms with E-state index in [1.807, 2.05) is 11.4 Å². The fourth-order valence-corrected chi connectivity index (χ4v) is 5.74. The molecule has 4 aromatic rings. The molecule has 0 saturated carbocycles. The van der Waals surface area contributed by atoms with Crippen molar-refractivity contribution in [1.82, 2.24) is 24.8 Å². The summed E-state index contributed by atoms with van der Waals surface area (Å²) >= 11 is 1.59. The Labute approximate surface area is 207 Å². The average Bonchev–Trinajstić information content (AvgIpc) is 3.51. The smallest absolute Gasteiger partial charge is 0.261 e. The number of nitrogens with zero attached hydrogens (tertiary/aromatic N) is 4.